The molecule has 1 nitrogen and oxygen atoms in total. The SMILES string of the molecule is CCCCC(C)CC(F)CCO. The lowest BCUT2D eigenvalue weighted by atomic mass is 9.97. The van der Waals surface area contributed by atoms with Crippen molar-refractivity contribution >= 4 is 0 Å². The van der Waals surface area contributed by atoms with Crippen LogP contribution in [0.1, 0.15) is 46.0 Å². The number of rotatable bonds is 7. The molecular formula is C10H21FO. The predicted molar refractivity (Wildman–Crippen MR) is 49.9 cm³/mol. The van der Waals surface area contributed by atoms with E-state index >= 15 is 0 Å². The molecule has 0 radical (unpaired) electrons. The fourth-order valence-corrected chi connectivity index (χ4v) is 1.36. The molecule has 0 heterocycles. The van der Waals surface area contributed by atoms with Crippen LogP contribution in [0.4, 0.5) is 4.39 Å². The average Bonchev–Trinajstić information content (AvgIpc) is 2.01. The Morgan fingerprint density at radius 3 is 2.50 bits per heavy atom. The minimum absolute atomic E-state index is 0.0261. The number of hydrogen-bond donors (Lipinski definition) is 1. The summed E-state index contributed by atoms with van der Waals surface area (Å²) in [6.07, 6.45) is 3.59. The molecule has 0 amide bonds. The first-order valence-electron chi connectivity index (χ1n) is 4.95. The molecule has 0 fully saturated rings. The number of halogens is 1. The van der Waals surface area contributed by atoms with Gasteiger partial charge < -0.3 is 5.11 Å². The zero-order chi connectivity index (χ0) is 9.40. The number of hydrogen-bond acceptors (Lipinski definition) is 1. The normalized spacial score (nSPS) is 16.0. The molecule has 0 saturated carbocycles. The van der Waals surface area contributed by atoms with E-state index in [1.165, 1.54) is 12.8 Å². The summed E-state index contributed by atoms with van der Waals surface area (Å²) in [4.78, 5) is 0. The second-order valence-corrected chi connectivity index (χ2v) is 3.59. The molecule has 0 aliphatic heterocycles. The van der Waals surface area contributed by atoms with E-state index in [1.807, 2.05) is 0 Å². The Hall–Kier alpha value is -0.110. The third-order valence-corrected chi connectivity index (χ3v) is 2.15. The van der Waals surface area contributed by atoms with Gasteiger partial charge in [-0.05, 0) is 12.3 Å². The molecule has 2 atom stereocenters. The molecule has 0 aliphatic rings. The van der Waals surface area contributed by atoms with Gasteiger partial charge in [-0.15, -0.1) is 0 Å². The molecule has 0 rings (SSSR count). The Balaban J connectivity index is 3.33. The van der Waals surface area contributed by atoms with E-state index in [9.17, 15) is 4.39 Å². The van der Waals surface area contributed by atoms with Crippen LogP contribution in [-0.2, 0) is 0 Å². The number of alkyl halides is 1. The molecule has 0 bridgehead atoms. The molecular weight excluding hydrogens is 155 g/mol. The van der Waals surface area contributed by atoms with Crippen LogP contribution in [0.15, 0.2) is 0 Å². The zero-order valence-corrected chi connectivity index (χ0v) is 8.22. The van der Waals surface area contributed by atoms with Crippen LogP contribution in [0.2, 0.25) is 0 Å². The minimum Gasteiger partial charge on any atom is -0.396 e. The van der Waals surface area contributed by atoms with Gasteiger partial charge in [0, 0.05) is 13.0 Å². The highest BCUT2D eigenvalue weighted by molar-refractivity contribution is 4.61. The van der Waals surface area contributed by atoms with Crippen LogP contribution in [0.5, 0.6) is 0 Å². The summed E-state index contributed by atoms with van der Waals surface area (Å²) in [5.74, 6) is 0.464. The van der Waals surface area contributed by atoms with Crippen molar-refractivity contribution in [3.63, 3.8) is 0 Å². The largest absolute Gasteiger partial charge is 0.396 e. The second-order valence-electron chi connectivity index (χ2n) is 3.59. The quantitative estimate of drug-likeness (QED) is 0.632. The highest BCUT2D eigenvalue weighted by Crippen LogP contribution is 2.17. The van der Waals surface area contributed by atoms with E-state index in [4.69, 9.17) is 5.11 Å². The molecule has 0 aromatic carbocycles. The van der Waals surface area contributed by atoms with Gasteiger partial charge in [-0.1, -0.05) is 33.1 Å². The van der Waals surface area contributed by atoms with Crippen LogP contribution in [0.3, 0.4) is 0 Å². The van der Waals surface area contributed by atoms with Crippen LogP contribution < -0.4 is 0 Å². The number of unbranched alkanes of at least 4 members (excludes halogenated alkanes) is 1. The Kier molecular flexibility index (Phi) is 7.47. The fraction of sp³-hybridized carbons (Fsp3) is 1.00. The van der Waals surface area contributed by atoms with E-state index in [0.717, 1.165) is 6.42 Å². The maximum Gasteiger partial charge on any atom is 0.103 e. The molecule has 0 aromatic heterocycles. The van der Waals surface area contributed by atoms with Crippen LogP contribution in [-0.4, -0.2) is 17.9 Å². The van der Waals surface area contributed by atoms with Gasteiger partial charge in [0.1, 0.15) is 6.17 Å². The lowest BCUT2D eigenvalue weighted by molar-refractivity contribution is 0.194. The van der Waals surface area contributed by atoms with Crippen molar-refractivity contribution in [2.75, 3.05) is 6.61 Å². The van der Waals surface area contributed by atoms with Crippen LogP contribution in [0.25, 0.3) is 0 Å². The third-order valence-electron chi connectivity index (χ3n) is 2.15. The van der Waals surface area contributed by atoms with Crippen molar-refractivity contribution in [3.8, 4) is 0 Å². The Labute approximate surface area is 75.0 Å². The summed E-state index contributed by atoms with van der Waals surface area (Å²) >= 11 is 0. The van der Waals surface area contributed by atoms with Gasteiger partial charge in [0.2, 0.25) is 0 Å². The second kappa shape index (κ2) is 7.53. The highest BCUT2D eigenvalue weighted by atomic mass is 19.1. The molecule has 1 N–H and O–H groups in total. The first-order chi connectivity index (χ1) is 5.70. The predicted octanol–water partition coefficient (Wildman–Crippen LogP) is 2.92. The smallest absolute Gasteiger partial charge is 0.103 e. The standard InChI is InChI=1S/C10H21FO/c1-3-4-5-9(2)8-10(11)6-7-12/h9-10,12H,3-8H2,1-2H3. The van der Waals surface area contributed by atoms with Crippen molar-refractivity contribution in [2.45, 2.75) is 52.1 Å². The van der Waals surface area contributed by atoms with Crippen molar-refractivity contribution < 1.29 is 9.50 Å². The summed E-state index contributed by atoms with van der Waals surface area (Å²) in [6.45, 7) is 4.20. The summed E-state index contributed by atoms with van der Waals surface area (Å²) < 4.78 is 12.9. The summed E-state index contributed by atoms with van der Waals surface area (Å²) in [6, 6.07) is 0. The van der Waals surface area contributed by atoms with Gasteiger partial charge in [0.05, 0.1) is 0 Å². The Bertz CT molecular complexity index is 95.8. The van der Waals surface area contributed by atoms with Crippen molar-refractivity contribution in [2.24, 2.45) is 5.92 Å². The Morgan fingerprint density at radius 1 is 1.33 bits per heavy atom. The molecule has 2 heteroatoms. The maximum atomic E-state index is 12.9. The highest BCUT2D eigenvalue weighted by Gasteiger charge is 2.10. The number of aliphatic hydroxyl groups excluding tert-OH is 1. The lowest BCUT2D eigenvalue weighted by Crippen LogP contribution is -2.08. The summed E-state index contributed by atoms with van der Waals surface area (Å²) in [7, 11) is 0. The van der Waals surface area contributed by atoms with Gasteiger partial charge in [-0.2, -0.15) is 0 Å². The maximum absolute atomic E-state index is 12.9. The van der Waals surface area contributed by atoms with Gasteiger partial charge >= 0.3 is 0 Å². The number of aliphatic hydroxyl groups is 1. The van der Waals surface area contributed by atoms with Crippen molar-refractivity contribution in [1.82, 2.24) is 0 Å². The van der Waals surface area contributed by atoms with Crippen molar-refractivity contribution in [1.29, 1.82) is 0 Å². The lowest BCUT2D eigenvalue weighted by Gasteiger charge is -2.13. The van der Waals surface area contributed by atoms with E-state index in [-0.39, 0.29) is 6.61 Å². The monoisotopic (exact) mass is 176 g/mol. The van der Waals surface area contributed by atoms with Gasteiger partial charge in [-0.25, -0.2) is 4.39 Å². The molecule has 2 unspecified atom stereocenters. The van der Waals surface area contributed by atoms with E-state index < -0.39 is 6.17 Å². The average molecular weight is 176 g/mol. The molecule has 0 aliphatic carbocycles. The van der Waals surface area contributed by atoms with Crippen LogP contribution >= 0.6 is 0 Å². The van der Waals surface area contributed by atoms with E-state index in [0.29, 0.717) is 18.8 Å². The van der Waals surface area contributed by atoms with Crippen LogP contribution in [0, 0.1) is 5.92 Å². The molecule has 74 valence electrons. The van der Waals surface area contributed by atoms with Gasteiger partial charge in [-0.3, -0.25) is 0 Å². The molecule has 0 saturated heterocycles. The topological polar surface area (TPSA) is 20.2 Å². The van der Waals surface area contributed by atoms with Crippen molar-refractivity contribution in [3.05, 3.63) is 0 Å². The van der Waals surface area contributed by atoms with E-state index in [2.05, 4.69) is 13.8 Å². The first kappa shape index (κ1) is 11.9. The fourth-order valence-electron chi connectivity index (χ4n) is 1.36. The molecule has 0 aromatic rings. The summed E-state index contributed by atoms with van der Waals surface area (Å²) in [5.41, 5.74) is 0. The Morgan fingerprint density at radius 2 is 2.00 bits per heavy atom. The minimum atomic E-state index is -0.804. The summed E-state index contributed by atoms with van der Waals surface area (Å²) in [5, 5.41) is 8.49. The van der Waals surface area contributed by atoms with Gasteiger partial charge in [0.15, 0.2) is 0 Å². The van der Waals surface area contributed by atoms with E-state index in [1.54, 1.807) is 0 Å². The third kappa shape index (κ3) is 6.59. The van der Waals surface area contributed by atoms with Gasteiger partial charge in [0.25, 0.3) is 0 Å². The zero-order valence-electron chi connectivity index (χ0n) is 8.22. The molecule has 0 spiro atoms. The molecule has 12 heavy (non-hydrogen) atoms. The first-order valence-corrected chi connectivity index (χ1v) is 4.95.